The molecule has 1 N–H and O–H groups in total. The standard InChI is InChI=1S/C20H20N6O/c1-15-22-18-17(8-5-11-26(18)24-15)23-19(27)25-12-9-20(14-21,10-13-25)16-6-3-2-4-7-16/h2-8,11H,9-10,12-13H2,1H3,(H,23,27). The lowest BCUT2D eigenvalue weighted by Gasteiger charge is -2.37. The summed E-state index contributed by atoms with van der Waals surface area (Å²) in [5.74, 6) is 0.649. The second kappa shape index (κ2) is 6.72. The zero-order valence-electron chi connectivity index (χ0n) is 15.1. The molecule has 0 atom stereocenters. The molecule has 2 aromatic heterocycles. The van der Waals surface area contributed by atoms with Crippen LogP contribution in [0.15, 0.2) is 48.7 Å². The fraction of sp³-hybridized carbons (Fsp3) is 0.300. The van der Waals surface area contributed by atoms with Gasteiger partial charge in [-0.25, -0.2) is 14.3 Å². The number of aryl methyl sites for hydroxylation is 1. The van der Waals surface area contributed by atoms with Crippen molar-refractivity contribution in [2.45, 2.75) is 25.2 Å². The van der Waals surface area contributed by atoms with E-state index in [0.717, 1.165) is 5.56 Å². The van der Waals surface area contributed by atoms with E-state index >= 15 is 0 Å². The predicted molar refractivity (Wildman–Crippen MR) is 101 cm³/mol. The van der Waals surface area contributed by atoms with Gasteiger partial charge in [0.15, 0.2) is 5.65 Å². The van der Waals surface area contributed by atoms with Crippen molar-refractivity contribution in [2.24, 2.45) is 0 Å². The number of pyridine rings is 1. The number of anilines is 1. The van der Waals surface area contributed by atoms with Crippen LogP contribution < -0.4 is 5.32 Å². The number of hydrogen-bond acceptors (Lipinski definition) is 4. The molecule has 0 aliphatic carbocycles. The van der Waals surface area contributed by atoms with Crippen LogP contribution in [0.3, 0.4) is 0 Å². The summed E-state index contributed by atoms with van der Waals surface area (Å²) in [6.07, 6.45) is 3.04. The highest BCUT2D eigenvalue weighted by atomic mass is 16.2. The molecule has 7 nitrogen and oxygen atoms in total. The molecular formula is C20H20N6O. The first-order valence-electron chi connectivity index (χ1n) is 8.96. The van der Waals surface area contributed by atoms with E-state index in [0.29, 0.717) is 43.1 Å². The fourth-order valence-corrected chi connectivity index (χ4v) is 3.62. The molecule has 0 saturated carbocycles. The SMILES string of the molecule is Cc1nc2c(NC(=O)N3CCC(C#N)(c4ccccc4)CC3)cccn2n1. The molecule has 7 heteroatoms. The molecule has 136 valence electrons. The number of carbonyl (C=O) groups excluding carboxylic acids is 1. The van der Waals surface area contributed by atoms with Gasteiger partial charge in [-0.3, -0.25) is 0 Å². The molecular weight excluding hydrogens is 340 g/mol. The van der Waals surface area contributed by atoms with Gasteiger partial charge >= 0.3 is 6.03 Å². The number of aromatic nitrogens is 3. The Bertz CT molecular complexity index is 1010. The van der Waals surface area contributed by atoms with Gasteiger partial charge < -0.3 is 10.2 Å². The first-order valence-corrected chi connectivity index (χ1v) is 8.96. The molecule has 2 amide bonds. The number of rotatable bonds is 2. The van der Waals surface area contributed by atoms with Gasteiger partial charge in [0.2, 0.25) is 0 Å². The minimum atomic E-state index is -0.526. The maximum absolute atomic E-state index is 12.7. The number of nitrogens with one attached hydrogen (secondary N) is 1. The molecule has 1 saturated heterocycles. The Morgan fingerprint density at radius 2 is 1.93 bits per heavy atom. The van der Waals surface area contributed by atoms with Crippen LogP contribution in [0.1, 0.15) is 24.2 Å². The molecule has 1 aliphatic rings. The van der Waals surface area contributed by atoms with Crippen molar-refractivity contribution in [2.75, 3.05) is 18.4 Å². The number of likely N-dealkylation sites (tertiary alicyclic amines) is 1. The Morgan fingerprint density at radius 3 is 2.63 bits per heavy atom. The van der Waals surface area contributed by atoms with Crippen LogP contribution in [-0.2, 0) is 5.41 Å². The normalized spacial score (nSPS) is 16.1. The monoisotopic (exact) mass is 360 g/mol. The zero-order chi connectivity index (χ0) is 18.9. The maximum atomic E-state index is 12.7. The van der Waals surface area contributed by atoms with Gasteiger partial charge in [0.1, 0.15) is 5.82 Å². The second-order valence-electron chi connectivity index (χ2n) is 6.83. The topological polar surface area (TPSA) is 86.3 Å². The van der Waals surface area contributed by atoms with Crippen LogP contribution >= 0.6 is 0 Å². The van der Waals surface area contributed by atoms with E-state index in [1.807, 2.05) is 49.4 Å². The van der Waals surface area contributed by atoms with Gasteiger partial charge in [0.25, 0.3) is 0 Å². The average molecular weight is 360 g/mol. The molecule has 0 unspecified atom stereocenters. The van der Waals surface area contributed by atoms with Crippen molar-refractivity contribution in [1.29, 1.82) is 5.26 Å². The molecule has 0 bridgehead atoms. The highest BCUT2D eigenvalue weighted by Crippen LogP contribution is 2.35. The van der Waals surface area contributed by atoms with Crippen LogP contribution in [0, 0.1) is 18.3 Å². The van der Waals surface area contributed by atoms with E-state index in [4.69, 9.17) is 0 Å². The van der Waals surface area contributed by atoms with E-state index < -0.39 is 5.41 Å². The van der Waals surface area contributed by atoms with Crippen molar-refractivity contribution < 1.29 is 4.79 Å². The Labute approximate surface area is 157 Å². The minimum absolute atomic E-state index is 0.177. The van der Waals surface area contributed by atoms with Crippen LogP contribution in [-0.4, -0.2) is 38.6 Å². The molecule has 3 aromatic rings. The Hall–Kier alpha value is -3.40. The highest BCUT2D eigenvalue weighted by Gasteiger charge is 2.37. The zero-order valence-corrected chi connectivity index (χ0v) is 15.1. The fourth-order valence-electron chi connectivity index (χ4n) is 3.62. The summed E-state index contributed by atoms with van der Waals surface area (Å²) in [6, 6.07) is 15.8. The number of piperidine rings is 1. The predicted octanol–water partition coefficient (Wildman–Crippen LogP) is 3.13. The third-order valence-electron chi connectivity index (χ3n) is 5.15. The first-order chi connectivity index (χ1) is 13.1. The summed E-state index contributed by atoms with van der Waals surface area (Å²) in [5.41, 5.74) is 1.75. The molecule has 1 fully saturated rings. The number of nitrogens with zero attached hydrogens (tertiary/aromatic N) is 5. The summed E-state index contributed by atoms with van der Waals surface area (Å²) in [6.45, 7) is 2.88. The van der Waals surface area contributed by atoms with Gasteiger partial charge in [0.05, 0.1) is 17.2 Å². The van der Waals surface area contributed by atoms with Gasteiger partial charge in [-0.2, -0.15) is 10.4 Å². The summed E-state index contributed by atoms with van der Waals surface area (Å²) >= 11 is 0. The molecule has 3 heterocycles. The summed E-state index contributed by atoms with van der Waals surface area (Å²) in [7, 11) is 0. The number of benzene rings is 1. The highest BCUT2D eigenvalue weighted by molar-refractivity contribution is 5.93. The smallest absolute Gasteiger partial charge is 0.321 e. The van der Waals surface area contributed by atoms with Crippen LogP contribution in [0.5, 0.6) is 0 Å². The quantitative estimate of drug-likeness (QED) is 0.761. The number of nitriles is 1. The van der Waals surface area contributed by atoms with Crippen LogP contribution in [0.25, 0.3) is 5.65 Å². The molecule has 1 aromatic carbocycles. The van der Waals surface area contributed by atoms with Gasteiger partial charge in [-0.15, -0.1) is 0 Å². The maximum Gasteiger partial charge on any atom is 0.321 e. The van der Waals surface area contributed by atoms with E-state index in [1.165, 1.54) is 0 Å². The second-order valence-corrected chi connectivity index (χ2v) is 6.83. The Balaban J connectivity index is 1.48. The molecule has 1 aliphatic heterocycles. The number of urea groups is 1. The number of hydrogen-bond donors (Lipinski definition) is 1. The largest absolute Gasteiger partial charge is 0.324 e. The average Bonchev–Trinajstić information content (AvgIpc) is 3.10. The first kappa shape index (κ1) is 17.0. The van der Waals surface area contributed by atoms with Gasteiger partial charge in [-0.05, 0) is 37.5 Å². The van der Waals surface area contributed by atoms with E-state index in [1.54, 1.807) is 15.6 Å². The number of amides is 2. The van der Waals surface area contributed by atoms with Crippen molar-refractivity contribution in [3.05, 3.63) is 60.0 Å². The lowest BCUT2D eigenvalue weighted by Crippen LogP contribution is -2.46. The number of carbonyl (C=O) groups is 1. The lowest BCUT2D eigenvalue weighted by atomic mass is 9.74. The minimum Gasteiger partial charge on any atom is -0.324 e. The third-order valence-corrected chi connectivity index (χ3v) is 5.15. The van der Waals surface area contributed by atoms with Gasteiger partial charge in [-0.1, -0.05) is 30.3 Å². The molecule has 4 rings (SSSR count). The lowest BCUT2D eigenvalue weighted by molar-refractivity contribution is 0.183. The Morgan fingerprint density at radius 1 is 1.19 bits per heavy atom. The summed E-state index contributed by atoms with van der Waals surface area (Å²) in [4.78, 5) is 18.8. The van der Waals surface area contributed by atoms with Crippen LogP contribution in [0.4, 0.5) is 10.5 Å². The van der Waals surface area contributed by atoms with Crippen molar-refractivity contribution in [3.8, 4) is 6.07 Å². The summed E-state index contributed by atoms with van der Waals surface area (Å²) in [5, 5.41) is 17.0. The van der Waals surface area contributed by atoms with Crippen LogP contribution in [0.2, 0.25) is 0 Å². The van der Waals surface area contributed by atoms with Crippen molar-refractivity contribution in [3.63, 3.8) is 0 Å². The van der Waals surface area contributed by atoms with E-state index in [9.17, 15) is 10.1 Å². The number of fused-ring (bicyclic) bond motifs is 1. The molecule has 0 radical (unpaired) electrons. The van der Waals surface area contributed by atoms with Crippen molar-refractivity contribution in [1.82, 2.24) is 19.5 Å². The third kappa shape index (κ3) is 3.10. The molecule has 0 spiro atoms. The molecule has 27 heavy (non-hydrogen) atoms. The summed E-state index contributed by atoms with van der Waals surface area (Å²) < 4.78 is 1.65. The van der Waals surface area contributed by atoms with E-state index in [-0.39, 0.29) is 6.03 Å². The van der Waals surface area contributed by atoms with Crippen molar-refractivity contribution >= 4 is 17.4 Å². The van der Waals surface area contributed by atoms with E-state index in [2.05, 4.69) is 21.5 Å². The Kier molecular flexibility index (Phi) is 4.24. The van der Waals surface area contributed by atoms with Gasteiger partial charge in [0, 0.05) is 19.3 Å².